The number of carbonyl (C=O) groups is 1. The predicted octanol–water partition coefficient (Wildman–Crippen LogP) is 3.19. The molecule has 0 unspecified atom stereocenters. The Morgan fingerprint density at radius 2 is 2.17 bits per heavy atom. The van der Waals surface area contributed by atoms with E-state index < -0.39 is 0 Å². The van der Waals surface area contributed by atoms with E-state index in [9.17, 15) is 9.59 Å². The number of likely N-dealkylation sites (tertiary alicyclic amines) is 1. The molecule has 7 heteroatoms. The van der Waals surface area contributed by atoms with Gasteiger partial charge in [-0.05, 0) is 30.1 Å². The van der Waals surface area contributed by atoms with Crippen molar-refractivity contribution < 1.29 is 4.79 Å². The number of amides is 2. The first-order valence-corrected chi connectivity index (χ1v) is 9.17. The molecular formula is C17H22N4O2S. The lowest BCUT2D eigenvalue weighted by atomic mass is 9.65. The molecule has 128 valence electrons. The number of carbonyl (C=O) groups excluding carboxylic acids is 1. The van der Waals surface area contributed by atoms with Crippen LogP contribution < -0.4 is 10.9 Å². The van der Waals surface area contributed by atoms with E-state index in [2.05, 4.69) is 31.1 Å². The van der Waals surface area contributed by atoms with Crippen LogP contribution in [0.15, 0.2) is 22.6 Å². The lowest BCUT2D eigenvalue weighted by Crippen LogP contribution is -2.41. The lowest BCUT2D eigenvalue weighted by Gasteiger charge is -2.39. The number of hydrogen-bond acceptors (Lipinski definition) is 4. The van der Waals surface area contributed by atoms with Crippen LogP contribution in [-0.4, -0.2) is 32.9 Å². The van der Waals surface area contributed by atoms with Gasteiger partial charge in [0.05, 0.1) is 6.20 Å². The van der Waals surface area contributed by atoms with Crippen molar-refractivity contribution in [3.05, 3.63) is 28.1 Å². The second kappa shape index (κ2) is 5.05. The van der Waals surface area contributed by atoms with Gasteiger partial charge in [0.25, 0.3) is 5.56 Å². The molecule has 0 aromatic carbocycles. The quantitative estimate of drug-likeness (QED) is 0.862. The largest absolute Gasteiger partial charge is 0.322 e. The summed E-state index contributed by atoms with van der Waals surface area (Å²) in [6.45, 7) is 7.57. The molecule has 1 aliphatic carbocycles. The van der Waals surface area contributed by atoms with Gasteiger partial charge in [-0.25, -0.2) is 9.78 Å². The zero-order chi connectivity index (χ0) is 17.1. The fourth-order valence-electron chi connectivity index (χ4n) is 4.79. The predicted molar refractivity (Wildman–Crippen MR) is 94.6 cm³/mol. The van der Waals surface area contributed by atoms with Crippen LogP contribution in [0.4, 0.5) is 10.5 Å². The van der Waals surface area contributed by atoms with E-state index in [-0.39, 0.29) is 34.1 Å². The van der Waals surface area contributed by atoms with Gasteiger partial charge in [0.2, 0.25) is 0 Å². The number of thiazole rings is 1. The van der Waals surface area contributed by atoms with Crippen LogP contribution in [0.5, 0.6) is 0 Å². The van der Waals surface area contributed by atoms with Crippen molar-refractivity contribution in [2.45, 2.75) is 46.1 Å². The third-order valence-corrected chi connectivity index (χ3v) is 6.03. The van der Waals surface area contributed by atoms with Gasteiger partial charge < -0.3 is 10.2 Å². The summed E-state index contributed by atoms with van der Waals surface area (Å²) >= 11 is 1.39. The Bertz CT molecular complexity index is 871. The average molecular weight is 346 g/mol. The summed E-state index contributed by atoms with van der Waals surface area (Å²) in [5.74, 6) is 0. The maximum Gasteiger partial charge on any atom is 0.322 e. The molecule has 1 N–H and O–H groups in total. The standard InChI is InChI=1S/C17H22N4O2S/c1-16(2)6-11-7-17(3,9-16)10-21(11)14(23)19-12-8-18-15-20(13(12)22)4-5-24-15/h4-5,8,11H,6-7,9-10H2,1-3H3,(H,19,23)/t11-,17-/m1/s1. The summed E-state index contributed by atoms with van der Waals surface area (Å²) in [7, 11) is 0. The first-order chi connectivity index (χ1) is 11.3. The monoisotopic (exact) mass is 346 g/mol. The molecule has 1 aliphatic heterocycles. The molecule has 1 saturated carbocycles. The number of hydrogen-bond donors (Lipinski definition) is 1. The summed E-state index contributed by atoms with van der Waals surface area (Å²) in [5.41, 5.74) is 0.433. The van der Waals surface area contributed by atoms with Gasteiger partial charge in [-0.3, -0.25) is 9.20 Å². The van der Waals surface area contributed by atoms with Gasteiger partial charge in [-0.2, -0.15) is 0 Å². The molecule has 3 heterocycles. The zero-order valence-electron chi connectivity index (χ0n) is 14.2. The van der Waals surface area contributed by atoms with Gasteiger partial charge in [-0.1, -0.05) is 20.8 Å². The number of fused-ring (bicyclic) bond motifs is 3. The van der Waals surface area contributed by atoms with Crippen LogP contribution in [0.1, 0.15) is 40.0 Å². The minimum absolute atomic E-state index is 0.175. The van der Waals surface area contributed by atoms with Crippen molar-refractivity contribution in [1.82, 2.24) is 14.3 Å². The smallest absolute Gasteiger partial charge is 0.321 e. The third kappa shape index (κ3) is 2.51. The summed E-state index contributed by atoms with van der Waals surface area (Å²) in [5, 5.41) is 4.59. The first-order valence-electron chi connectivity index (χ1n) is 8.29. The van der Waals surface area contributed by atoms with Crippen LogP contribution in [0, 0.1) is 10.8 Å². The van der Waals surface area contributed by atoms with Crippen molar-refractivity contribution >= 4 is 28.0 Å². The molecule has 2 amide bonds. The molecule has 1 saturated heterocycles. The number of rotatable bonds is 1. The Balaban J connectivity index is 1.58. The highest BCUT2D eigenvalue weighted by molar-refractivity contribution is 7.15. The Morgan fingerprint density at radius 3 is 2.96 bits per heavy atom. The van der Waals surface area contributed by atoms with E-state index in [0.29, 0.717) is 4.96 Å². The zero-order valence-corrected chi connectivity index (χ0v) is 15.0. The summed E-state index contributed by atoms with van der Waals surface area (Å²) in [4.78, 5) is 32.0. The molecule has 2 bridgehead atoms. The minimum atomic E-state index is -0.233. The van der Waals surface area contributed by atoms with Crippen LogP contribution in [-0.2, 0) is 0 Å². The Hall–Kier alpha value is -1.89. The number of nitrogens with one attached hydrogen (secondary N) is 1. The van der Waals surface area contributed by atoms with E-state index >= 15 is 0 Å². The molecule has 2 aromatic rings. The second-order valence-corrected chi connectivity index (χ2v) is 9.18. The van der Waals surface area contributed by atoms with Crippen LogP contribution in [0.3, 0.4) is 0 Å². The topological polar surface area (TPSA) is 66.7 Å². The second-order valence-electron chi connectivity index (χ2n) is 8.30. The van der Waals surface area contributed by atoms with E-state index in [1.807, 2.05) is 10.3 Å². The Kier molecular flexibility index (Phi) is 3.29. The Morgan fingerprint density at radius 1 is 1.38 bits per heavy atom. The molecule has 2 atom stereocenters. The van der Waals surface area contributed by atoms with Gasteiger partial charge in [-0.15, -0.1) is 11.3 Å². The van der Waals surface area contributed by atoms with Gasteiger partial charge in [0, 0.05) is 24.2 Å². The number of aromatic nitrogens is 2. The fourth-order valence-corrected chi connectivity index (χ4v) is 5.47. The van der Waals surface area contributed by atoms with Crippen molar-refractivity contribution in [2.75, 3.05) is 11.9 Å². The molecule has 4 rings (SSSR count). The third-order valence-electron chi connectivity index (χ3n) is 5.26. The van der Waals surface area contributed by atoms with Crippen LogP contribution >= 0.6 is 11.3 Å². The summed E-state index contributed by atoms with van der Waals surface area (Å²) in [6, 6.07) is 0.0647. The highest BCUT2D eigenvalue weighted by atomic mass is 32.1. The lowest BCUT2D eigenvalue weighted by molar-refractivity contribution is 0.130. The number of anilines is 1. The van der Waals surface area contributed by atoms with E-state index in [4.69, 9.17) is 0 Å². The van der Waals surface area contributed by atoms with E-state index in [0.717, 1.165) is 25.8 Å². The van der Waals surface area contributed by atoms with Crippen molar-refractivity contribution in [1.29, 1.82) is 0 Å². The van der Waals surface area contributed by atoms with Gasteiger partial charge in [0.15, 0.2) is 4.96 Å². The molecule has 2 aliphatic rings. The minimum Gasteiger partial charge on any atom is -0.321 e. The van der Waals surface area contributed by atoms with Gasteiger partial charge in [0.1, 0.15) is 5.69 Å². The molecule has 0 spiro atoms. The van der Waals surface area contributed by atoms with Crippen LogP contribution in [0.2, 0.25) is 0 Å². The Labute approximate surface area is 144 Å². The highest BCUT2D eigenvalue weighted by Crippen LogP contribution is 2.52. The van der Waals surface area contributed by atoms with Crippen LogP contribution in [0.25, 0.3) is 4.96 Å². The van der Waals surface area contributed by atoms with Crippen molar-refractivity contribution in [3.8, 4) is 0 Å². The van der Waals surface area contributed by atoms with E-state index in [1.165, 1.54) is 21.9 Å². The highest BCUT2D eigenvalue weighted by Gasteiger charge is 2.51. The molecule has 6 nitrogen and oxygen atoms in total. The molecule has 0 radical (unpaired) electrons. The normalized spacial score (nSPS) is 28.3. The summed E-state index contributed by atoms with van der Waals surface area (Å²) < 4.78 is 1.47. The number of urea groups is 1. The average Bonchev–Trinajstić information content (AvgIpc) is 3.03. The maximum absolute atomic E-state index is 12.8. The SMILES string of the molecule is CC1(C)C[C@@H]2C[C@@](C)(CN2C(=O)Nc2cnc3sccn3c2=O)C1. The number of nitrogens with zero attached hydrogens (tertiary/aromatic N) is 3. The maximum atomic E-state index is 12.8. The van der Waals surface area contributed by atoms with E-state index in [1.54, 1.807) is 6.20 Å². The van der Waals surface area contributed by atoms with Crippen molar-refractivity contribution in [3.63, 3.8) is 0 Å². The van der Waals surface area contributed by atoms with Crippen molar-refractivity contribution in [2.24, 2.45) is 10.8 Å². The first kappa shape index (κ1) is 15.6. The molecule has 24 heavy (non-hydrogen) atoms. The molecule has 2 fully saturated rings. The molecule has 2 aromatic heterocycles. The van der Waals surface area contributed by atoms with Gasteiger partial charge >= 0.3 is 6.03 Å². The molecular weight excluding hydrogens is 324 g/mol. The summed E-state index contributed by atoms with van der Waals surface area (Å²) in [6.07, 6.45) is 6.32. The fraction of sp³-hybridized carbons (Fsp3) is 0.588.